The molecule has 4 aromatic carbocycles. The van der Waals surface area contributed by atoms with Crippen LogP contribution in [0.2, 0.25) is 0 Å². The molecule has 5 aromatic rings. The Balaban J connectivity index is 0.933. The number of anilines is 2. The summed E-state index contributed by atoms with van der Waals surface area (Å²) in [7, 11) is 0. The Morgan fingerprint density at radius 3 is 2.40 bits per heavy atom. The Morgan fingerprint density at radius 2 is 1.68 bits per heavy atom. The number of carbonyl (C=O) groups excluding carboxylic acids is 1. The van der Waals surface area contributed by atoms with Crippen LogP contribution in [0.5, 0.6) is 5.75 Å². The van der Waals surface area contributed by atoms with Crippen molar-refractivity contribution in [1.29, 1.82) is 0 Å². The van der Waals surface area contributed by atoms with Crippen LogP contribution in [-0.4, -0.2) is 69.4 Å². The minimum Gasteiger partial charge on any atom is -0.506 e. The van der Waals surface area contributed by atoms with Crippen molar-refractivity contribution in [2.24, 2.45) is 5.92 Å². The summed E-state index contributed by atoms with van der Waals surface area (Å²) in [5, 5.41) is 38.3. The number of aryl methyl sites for hydroxylation is 1. The van der Waals surface area contributed by atoms with Crippen LogP contribution < -0.4 is 21.1 Å². The van der Waals surface area contributed by atoms with Gasteiger partial charge in [0.2, 0.25) is 11.5 Å². The summed E-state index contributed by atoms with van der Waals surface area (Å²) in [5.41, 5.74) is 5.78. The number of hydrogen-bond donors (Lipinski definition) is 6. The van der Waals surface area contributed by atoms with E-state index < -0.39 is 12.2 Å². The van der Waals surface area contributed by atoms with Crippen LogP contribution in [-0.2, 0) is 17.8 Å². The Kier molecular flexibility index (Phi) is 10.9. The van der Waals surface area contributed by atoms with Crippen molar-refractivity contribution in [2.45, 2.75) is 50.8 Å². The molecule has 53 heavy (non-hydrogen) atoms. The number of phenols is 1. The number of aromatic hydroxyl groups is 1. The van der Waals surface area contributed by atoms with E-state index in [0.29, 0.717) is 59.6 Å². The van der Waals surface area contributed by atoms with E-state index in [1.807, 2.05) is 72.8 Å². The van der Waals surface area contributed by atoms with E-state index in [1.54, 1.807) is 17.0 Å². The molecular weight excluding hydrogens is 670 g/mol. The first-order chi connectivity index (χ1) is 25.7. The third kappa shape index (κ3) is 8.28. The molecule has 2 atom stereocenters. The molecule has 11 heteroatoms. The predicted molar refractivity (Wildman–Crippen MR) is 206 cm³/mol. The highest BCUT2D eigenvalue weighted by molar-refractivity contribution is 5.94. The molecule has 0 spiro atoms. The standard InChI is InChI=1S/C42H45N5O6/c48-37-17-15-33(34-16-18-40(51)45-41(34)37)38(49)25-43-24-28-9-12-31(13-10-28)44-39(50)8-4-5-27-11-14-32(29-6-2-1-3-7-29)35(23-27)47(42(52)53)36-26-46-21-19-30(36)20-22-46/h1-3,6-7,9-18,23,30,36,38,43,48-49H,4-5,8,19-22,24-26H2,(H,44,50)(H,45,51)(H,52,53)/t36-,38+/m0/s1. The normalized spacial score (nSPS) is 18.5. The van der Waals surface area contributed by atoms with Crippen molar-refractivity contribution in [1.82, 2.24) is 15.2 Å². The second kappa shape index (κ2) is 16.0. The molecule has 0 radical (unpaired) electrons. The minimum atomic E-state index is -0.931. The molecule has 2 amide bonds. The second-order valence-corrected chi connectivity index (χ2v) is 14.1. The van der Waals surface area contributed by atoms with E-state index in [0.717, 1.165) is 54.7 Å². The number of aromatic nitrogens is 1. The van der Waals surface area contributed by atoms with Gasteiger partial charge >= 0.3 is 6.09 Å². The number of rotatable bonds is 13. The van der Waals surface area contributed by atoms with Gasteiger partial charge in [-0.2, -0.15) is 0 Å². The fourth-order valence-electron chi connectivity index (χ4n) is 7.84. The molecule has 274 valence electrons. The van der Waals surface area contributed by atoms with Crippen LogP contribution in [0.4, 0.5) is 16.2 Å². The molecule has 3 aliphatic heterocycles. The van der Waals surface area contributed by atoms with E-state index in [9.17, 15) is 29.7 Å². The van der Waals surface area contributed by atoms with E-state index in [2.05, 4.69) is 20.5 Å². The molecule has 3 fully saturated rings. The summed E-state index contributed by atoms with van der Waals surface area (Å²) in [5.74, 6) is 0.195. The molecule has 4 heterocycles. The van der Waals surface area contributed by atoms with E-state index in [1.165, 1.54) is 12.1 Å². The zero-order chi connectivity index (χ0) is 36.9. The summed E-state index contributed by atoms with van der Waals surface area (Å²) in [6.07, 6.45) is 1.80. The first-order valence-corrected chi connectivity index (χ1v) is 18.3. The Bertz CT molecular complexity index is 2130. The van der Waals surface area contributed by atoms with Crippen LogP contribution in [0, 0.1) is 5.92 Å². The summed E-state index contributed by atoms with van der Waals surface area (Å²) in [6.45, 7) is 3.55. The molecule has 11 nitrogen and oxygen atoms in total. The van der Waals surface area contributed by atoms with E-state index in [-0.39, 0.29) is 29.8 Å². The third-order valence-corrected chi connectivity index (χ3v) is 10.6. The smallest absolute Gasteiger partial charge is 0.412 e. The highest BCUT2D eigenvalue weighted by Gasteiger charge is 2.40. The maximum absolute atomic E-state index is 12.9. The zero-order valence-electron chi connectivity index (χ0n) is 29.5. The van der Waals surface area contributed by atoms with Gasteiger partial charge in [-0.05, 0) is 97.3 Å². The lowest BCUT2D eigenvalue weighted by Gasteiger charge is -2.48. The minimum absolute atomic E-state index is 0.0553. The number of fused-ring (bicyclic) bond motifs is 4. The number of amides is 2. The van der Waals surface area contributed by atoms with Gasteiger partial charge in [0, 0.05) is 48.8 Å². The van der Waals surface area contributed by atoms with Crippen molar-refractivity contribution in [3.05, 3.63) is 124 Å². The molecule has 3 saturated heterocycles. The quantitative estimate of drug-likeness (QED) is 0.0834. The van der Waals surface area contributed by atoms with Gasteiger partial charge in [-0.1, -0.05) is 60.7 Å². The van der Waals surface area contributed by atoms with Gasteiger partial charge in [0.25, 0.3) is 0 Å². The number of benzene rings is 4. The molecule has 8 rings (SSSR count). The van der Waals surface area contributed by atoms with Crippen molar-refractivity contribution >= 4 is 34.3 Å². The Morgan fingerprint density at radius 1 is 0.925 bits per heavy atom. The second-order valence-electron chi connectivity index (χ2n) is 14.1. The number of carboxylic acid groups (broad SMARTS) is 1. The van der Waals surface area contributed by atoms with Gasteiger partial charge in [-0.15, -0.1) is 0 Å². The number of H-pyrrole nitrogens is 1. The van der Waals surface area contributed by atoms with Crippen molar-refractivity contribution in [3.63, 3.8) is 0 Å². The van der Waals surface area contributed by atoms with Crippen LogP contribution in [0.1, 0.15) is 48.5 Å². The van der Waals surface area contributed by atoms with Gasteiger partial charge in [-0.3, -0.25) is 14.5 Å². The lowest BCUT2D eigenvalue weighted by Crippen LogP contribution is -2.59. The monoisotopic (exact) mass is 715 g/mol. The van der Waals surface area contributed by atoms with Gasteiger partial charge in [0.15, 0.2) is 0 Å². The molecule has 0 aliphatic carbocycles. The molecule has 2 bridgehead atoms. The largest absolute Gasteiger partial charge is 0.506 e. The maximum Gasteiger partial charge on any atom is 0.412 e. The number of hydrogen-bond acceptors (Lipinski definition) is 7. The maximum atomic E-state index is 12.9. The number of aliphatic hydroxyl groups is 1. The van der Waals surface area contributed by atoms with Crippen LogP contribution in [0.25, 0.3) is 22.0 Å². The van der Waals surface area contributed by atoms with Crippen LogP contribution in [0.15, 0.2) is 102 Å². The summed E-state index contributed by atoms with van der Waals surface area (Å²) < 4.78 is 0. The topological polar surface area (TPSA) is 158 Å². The first kappa shape index (κ1) is 35.9. The lowest BCUT2D eigenvalue weighted by atomic mass is 9.82. The van der Waals surface area contributed by atoms with Gasteiger partial charge in [0.05, 0.1) is 23.3 Å². The number of pyridine rings is 1. The summed E-state index contributed by atoms with van der Waals surface area (Å²) >= 11 is 0. The summed E-state index contributed by atoms with van der Waals surface area (Å²) in [6, 6.07) is 29.5. The number of piperidine rings is 3. The molecule has 3 aliphatic rings. The molecule has 0 unspecified atom stereocenters. The fraction of sp³-hybridized carbons (Fsp3) is 0.310. The van der Waals surface area contributed by atoms with Crippen molar-refractivity contribution in [3.8, 4) is 16.9 Å². The van der Waals surface area contributed by atoms with Crippen LogP contribution in [0.3, 0.4) is 0 Å². The van der Waals surface area contributed by atoms with E-state index >= 15 is 0 Å². The summed E-state index contributed by atoms with van der Waals surface area (Å²) in [4.78, 5) is 44.1. The van der Waals surface area contributed by atoms with Gasteiger partial charge in [0.1, 0.15) is 5.75 Å². The average Bonchev–Trinajstić information content (AvgIpc) is 3.17. The number of phenolic OH excluding ortho intramolecular Hbond substituents is 1. The van der Waals surface area contributed by atoms with E-state index in [4.69, 9.17) is 0 Å². The molecule has 6 N–H and O–H groups in total. The number of nitrogens with one attached hydrogen (secondary N) is 3. The zero-order valence-corrected chi connectivity index (χ0v) is 29.5. The highest BCUT2D eigenvalue weighted by atomic mass is 16.4. The van der Waals surface area contributed by atoms with Crippen LogP contribution >= 0.6 is 0 Å². The SMILES string of the molecule is O=C(CCCc1ccc(-c2ccccc2)c(N(C(=O)O)[C@H]2CN3CCC2CC3)c1)Nc1ccc(CNC[C@@H](O)c2ccc(O)c3[nH]c(=O)ccc23)cc1. The number of aromatic amines is 1. The van der Waals surface area contributed by atoms with Gasteiger partial charge < -0.3 is 35.8 Å². The predicted octanol–water partition coefficient (Wildman–Crippen LogP) is 6.26. The Hall–Kier alpha value is -5.49. The molecular formula is C42H45N5O6. The molecule has 0 saturated carbocycles. The third-order valence-electron chi connectivity index (χ3n) is 10.6. The van der Waals surface area contributed by atoms with Gasteiger partial charge in [-0.25, -0.2) is 4.79 Å². The number of nitrogens with zero attached hydrogens (tertiary/aromatic N) is 2. The average molecular weight is 716 g/mol. The lowest BCUT2D eigenvalue weighted by molar-refractivity contribution is -0.116. The number of aliphatic hydroxyl groups excluding tert-OH is 1. The number of carbonyl (C=O) groups is 2. The Labute approximate surface area is 307 Å². The first-order valence-electron chi connectivity index (χ1n) is 18.3. The molecule has 1 aromatic heterocycles. The van der Waals surface area contributed by atoms with Crippen molar-refractivity contribution < 1.29 is 24.9 Å². The fourth-order valence-corrected chi connectivity index (χ4v) is 7.84. The van der Waals surface area contributed by atoms with Crippen molar-refractivity contribution in [2.75, 3.05) is 36.4 Å². The highest BCUT2D eigenvalue weighted by Crippen LogP contribution is 2.39.